The molecule has 0 aliphatic rings. The number of aliphatic hydroxyl groups excluding tert-OH is 1. The minimum absolute atomic E-state index is 0. The Morgan fingerprint density at radius 1 is 0.857 bits per heavy atom. The summed E-state index contributed by atoms with van der Waals surface area (Å²) in [6, 6.07) is 14.4. The van der Waals surface area contributed by atoms with Crippen LogP contribution in [0.15, 0.2) is 42.2 Å². The number of fused-ring (bicyclic) bond motifs is 1. The van der Waals surface area contributed by atoms with Crippen LogP contribution >= 0.6 is 0 Å². The van der Waals surface area contributed by atoms with Crippen molar-refractivity contribution in [3.63, 3.8) is 0 Å². The average Bonchev–Trinajstić information content (AvgIpc) is 2.69. The molecular weight excluding hydrogens is 611 g/mol. The van der Waals surface area contributed by atoms with E-state index in [9.17, 15) is 9.90 Å². The Balaban J connectivity index is 0.000000383. The molecule has 0 saturated carbocycles. The maximum absolute atomic E-state index is 11.5. The van der Waals surface area contributed by atoms with E-state index in [1.165, 1.54) is 39.3 Å². The van der Waals surface area contributed by atoms with E-state index >= 15 is 0 Å². The molecule has 0 atom stereocenters. The van der Waals surface area contributed by atoms with Gasteiger partial charge in [-0.1, -0.05) is 80.5 Å². The van der Waals surface area contributed by atoms with E-state index in [0.717, 1.165) is 16.8 Å². The Bertz CT molecular complexity index is 1240. The van der Waals surface area contributed by atoms with Crippen molar-refractivity contribution in [2.24, 2.45) is 10.8 Å². The van der Waals surface area contributed by atoms with Gasteiger partial charge >= 0.3 is 0 Å². The number of aromatic nitrogens is 1. The second kappa shape index (κ2) is 11.6. The molecule has 3 nitrogen and oxygen atoms in total. The zero-order valence-electron chi connectivity index (χ0n) is 23.1. The molecule has 3 aromatic rings. The van der Waals surface area contributed by atoms with E-state index in [0.29, 0.717) is 0 Å². The van der Waals surface area contributed by atoms with Crippen LogP contribution in [-0.4, -0.2) is 15.9 Å². The molecule has 0 spiro atoms. The van der Waals surface area contributed by atoms with E-state index in [1.807, 2.05) is 41.5 Å². The Hall–Kier alpha value is -2.29. The first kappa shape index (κ1) is 30.7. The first-order valence-corrected chi connectivity index (χ1v) is 11.8. The third-order valence-corrected chi connectivity index (χ3v) is 5.94. The number of pyridine rings is 1. The van der Waals surface area contributed by atoms with Crippen molar-refractivity contribution in [1.29, 1.82) is 0 Å². The molecule has 1 heterocycles. The van der Waals surface area contributed by atoms with Crippen molar-refractivity contribution in [1.82, 2.24) is 4.98 Å². The monoisotopic (exact) mass is 651 g/mol. The summed E-state index contributed by atoms with van der Waals surface area (Å²) in [6.07, 6.45) is 1.33. The number of nitrogens with zero attached hydrogens (tertiary/aromatic N) is 1. The SMILES string of the molecule is CC(C)(C)C(=O)/C=C(\O)C(C)(C)C.Cc1ccc2c(C)cc(-c3[c-]c(C)c(C)cc3C)nc2c1.[Ir]. The Kier molecular flexibility index (Phi) is 10.2. The first-order valence-electron chi connectivity index (χ1n) is 11.8. The molecular formula is C31H40IrNO2-. The van der Waals surface area contributed by atoms with Gasteiger partial charge in [-0.25, -0.2) is 0 Å². The normalized spacial score (nSPS) is 12.0. The van der Waals surface area contributed by atoms with Crippen LogP contribution in [0.4, 0.5) is 0 Å². The molecule has 0 unspecified atom stereocenters. The molecule has 2 aromatic carbocycles. The van der Waals surface area contributed by atoms with Gasteiger partial charge in [-0.15, -0.1) is 34.4 Å². The van der Waals surface area contributed by atoms with Crippen LogP contribution in [-0.2, 0) is 24.9 Å². The maximum Gasteiger partial charge on any atom is 0.164 e. The van der Waals surface area contributed by atoms with E-state index in [2.05, 4.69) is 71.0 Å². The van der Waals surface area contributed by atoms with Gasteiger partial charge in [-0.3, -0.25) is 9.78 Å². The third-order valence-electron chi connectivity index (χ3n) is 5.94. The molecule has 191 valence electrons. The topological polar surface area (TPSA) is 50.2 Å². The van der Waals surface area contributed by atoms with Crippen LogP contribution in [0, 0.1) is 51.5 Å². The predicted molar refractivity (Wildman–Crippen MR) is 144 cm³/mol. The van der Waals surface area contributed by atoms with Gasteiger partial charge < -0.3 is 5.11 Å². The number of carbonyl (C=O) groups is 1. The Morgan fingerprint density at radius 3 is 2.00 bits per heavy atom. The van der Waals surface area contributed by atoms with Crippen molar-refractivity contribution in [2.75, 3.05) is 0 Å². The van der Waals surface area contributed by atoms with Crippen LogP contribution in [0.2, 0.25) is 0 Å². The fraction of sp³-hybridized carbons (Fsp3) is 0.419. The van der Waals surface area contributed by atoms with Gasteiger partial charge in [-0.05, 0) is 36.7 Å². The van der Waals surface area contributed by atoms with Crippen LogP contribution in [0.3, 0.4) is 0 Å². The molecule has 0 fully saturated rings. The molecule has 0 aliphatic carbocycles. The number of aryl methyl sites for hydroxylation is 5. The number of carbonyl (C=O) groups excluding carboxylic acids is 1. The number of aliphatic hydroxyl groups is 1. The smallest absolute Gasteiger partial charge is 0.164 e. The van der Waals surface area contributed by atoms with Gasteiger partial charge in [0, 0.05) is 42.4 Å². The summed E-state index contributed by atoms with van der Waals surface area (Å²) in [7, 11) is 0. The van der Waals surface area contributed by atoms with Crippen LogP contribution in [0.1, 0.15) is 69.4 Å². The summed E-state index contributed by atoms with van der Waals surface area (Å²) in [4.78, 5) is 16.4. The molecule has 1 aromatic heterocycles. The van der Waals surface area contributed by atoms with E-state index in [4.69, 9.17) is 4.98 Å². The second-order valence-corrected chi connectivity index (χ2v) is 11.4. The number of rotatable bonds is 2. The fourth-order valence-electron chi connectivity index (χ4n) is 3.35. The molecule has 1 radical (unpaired) electrons. The Labute approximate surface area is 225 Å². The molecule has 0 amide bonds. The predicted octanol–water partition coefficient (Wildman–Crippen LogP) is 8.33. The van der Waals surface area contributed by atoms with Gasteiger partial charge in [0.1, 0.15) is 5.76 Å². The minimum Gasteiger partial charge on any atom is -0.512 e. The zero-order chi connectivity index (χ0) is 26.0. The summed E-state index contributed by atoms with van der Waals surface area (Å²) < 4.78 is 0. The molecule has 0 aliphatic heterocycles. The minimum atomic E-state index is -0.417. The Morgan fingerprint density at radius 2 is 1.46 bits per heavy atom. The summed E-state index contributed by atoms with van der Waals surface area (Å²) in [5.41, 5.74) is 8.65. The standard InChI is InChI=1S/C20H20N.C11H20O2.Ir/c1-12-6-7-17-16(5)11-20(21-19(17)8-12)18-10-14(3)13(2)9-15(18)4;1-10(2,3)8(12)7-9(13)11(4,5)6;/h6-9,11H,1-5H3;7,12H,1-6H3;/q-1;;/b;8-7-;. The molecule has 35 heavy (non-hydrogen) atoms. The van der Waals surface area contributed by atoms with Crippen molar-refractivity contribution in [3.8, 4) is 11.3 Å². The van der Waals surface area contributed by atoms with Gasteiger partial charge in [-0.2, -0.15) is 0 Å². The van der Waals surface area contributed by atoms with Crippen LogP contribution < -0.4 is 0 Å². The second-order valence-electron chi connectivity index (χ2n) is 11.4. The zero-order valence-corrected chi connectivity index (χ0v) is 25.5. The summed E-state index contributed by atoms with van der Waals surface area (Å²) in [6.45, 7) is 21.7. The molecule has 4 heteroatoms. The number of allylic oxidation sites excluding steroid dienone is 2. The number of ketones is 1. The molecule has 0 bridgehead atoms. The van der Waals surface area contributed by atoms with E-state index in [1.54, 1.807) is 0 Å². The summed E-state index contributed by atoms with van der Waals surface area (Å²) in [5, 5.41) is 10.8. The van der Waals surface area contributed by atoms with Crippen molar-refractivity contribution in [2.45, 2.75) is 76.2 Å². The average molecular weight is 651 g/mol. The van der Waals surface area contributed by atoms with E-state index < -0.39 is 5.41 Å². The van der Waals surface area contributed by atoms with Gasteiger partial charge in [0.15, 0.2) is 5.78 Å². The van der Waals surface area contributed by atoms with Crippen LogP contribution in [0.25, 0.3) is 22.2 Å². The largest absolute Gasteiger partial charge is 0.512 e. The maximum atomic E-state index is 11.5. The van der Waals surface area contributed by atoms with Crippen molar-refractivity contribution < 1.29 is 30.0 Å². The quantitative estimate of drug-likeness (QED) is 0.172. The summed E-state index contributed by atoms with van der Waals surface area (Å²) >= 11 is 0. The van der Waals surface area contributed by atoms with Crippen molar-refractivity contribution >= 4 is 16.7 Å². The first-order chi connectivity index (χ1) is 15.5. The fourth-order valence-corrected chi connectivity index (χ4v) is 3.35. The van der Waals surface area contributed by atoms with Gasteiger partial charge in [0.05, 0.1) is 5.52 Å². The number of hydrogen-bond donors (Lipinski definition) is 1. The summed E-state index contributed by atoms with van der Waals surface area (Å²) in [5.74, 6) is 0.104. The molecule has 1 N–H and O–H groups in total. The number of hydrogen-bond acceptors (Lipinski definition) is 3. The molecule has 0 saturated heterocycles. The van der Waals surface area contributed by atoms with Gasteiger partial charge in [0.25, 0.3) is 0 Å². The molecule has 3 rings (SSSR count). The number of benzene rings is 2. The third kappa shape index (κ3) is 8.12. The van der Waals surface area contributed by atoms with Gasteiger partial charge in [0.2, 0.25) is 0 Å². The van der Waals surface area contributed by atoms with E-state index in [-0.39, 0.29) is 37.1 Å². The van der Waals surface area contributed by atoms with Crippen molar-refractivity contribution in [3.05, 3.63) is 76.1 Å². The van der Waals surface area contributed by atoms with Crippen LogP contribution in [0.5, 0.6) is 0 Å².